The second-order valence-electron chi connectivity index (χ2n) is 9.00. The van der Waals surface area contributed by atoms with E-state index in [9.17, 15) is 9.59 Å². The Morgan fingerprint density at radius 3 is 2.39 bits per heavy atom. The molecule has 0 radical (unpaired) electrons. The molecular weight excluding hydrogens is 352 g/mol. The highest BCUT2D eigenvalue weighted by atomic mass is 16.5. The predicted molar refractivity (Wildman–Crippen MR) is 111 cm³/mol. The van der Waals surface area contributed by atoms with Crippen LogP contribution in [-0.2, 0) is 9.59 Å². The number of amides is 2. The Hall–Kier alpha value is -2.04. The molecule has 5 nitrogen and oxygen atoms in total. The summed E-state index contributed by atoms with van der Waals surface area (Å²) in [5.74, 6) is 1.27. The molecule has 1 heterocycles. The van der Waals surface area contributed by atoms with Crippen molar-refractivity contribution in [3.8, 4) is 5.75 Å². The summed E-state index contributed by atoms with van der Waals surface area (Å²) in [6, 6.07) is 7.67. The van der Waals surface area contributed by atoms with Crippen LogP contribution in [0.25, 0.3) is 0 Å². The molecule has 1 atom stereocenters. The van der Waals surface area contributed by atoms with Gasteiger partial charge in [-0.05, 0) is 61.3 Å². The monoisotopic (exact) mass is 386 g/mol. The number of ether oxygens (including phenoxy) is 1. The minimum Gasteiger partial charge on any atom is -0.497 e. The van der Waals surface area contributed by atoms with E-state index in [4.69, 9.17) is 4.74 Å². The second kappa shape index (κ2) is 8.54. The van der Waals surface area contributed by atoms with Gasteiger partial charge in [-0.3, -0.25) is 9.59 Å². The molecule has 1 aromatic carbocycles. The number of rotatable bonds is 6. The molecular formula is C23H34N2O3. The fourth-order valence-electron chi connectivity index (χ4n) is 4.52. The lowest BCUT2D eigenvalue weighted by atomic mass is 9.69. The van der Waals surface area contributed by atoms with Gasteiger partial charge in [0.15, 0.2) is 0 Å². The summed E-state index contributed by atoms with van der Waals surface area (Å²) in [4.78, 5) is 26.9. The fraction of sp³-hybridized carbons (Fsp3) is 0.652. The van der Waals surface area contributed by atoms with Gasteiger partial charge in [0.1, 0.15) is 5.75 Å². The summed E-state index contributed by atoms with van der Waals surface area (Å²) in [7, 11) is 1.62. The van der Waals surface area contributed by atoms with E-state index in [0.717, 1.165) is 30.2 Å². The lowest BCUT2D eigenvalue weighted by Gasteiger charge is -2.39. The minimum atomic E-state index is -0.264. The number of carbonyl (C=O) groups is 2. The SMILES string of the molecule is CCC(C)(C)C1CCC(NC(=O)[C@H]2CC(=O)N(c3ccc(OC)cc3)C2)CC1. The van der Waals surface area contributed by atoms with Crippen LogP contribution in [0.5, 0.6) is 5.75 Å². The Morgan fingerprint density at radius 2 is 1.82 bits per heavy atom. The number of carbonyl (C=O) groups excluding carboxylic acids is 2. The molecule has 1 aliphatic carbocycles. The molecule has 0 bridgehead atoms. The van der Waals surface area contributed by atoms with E-state index in [-0.39, 0.29) is 30.2 Å². The molecule has 1 aromatic rings. The van der Waals surface area contributed by atoms with Crippen molar-refractivity contribution in [2.45, 2.75) is 65.3 Å². The van der Waals surface area contributed by atoms with Crippen LogP contribution in [-0.4, -0.2) is 31.5 Å². The summed E-state index contributed by atoms with van der Waals surface area (Å²) in [5, 5.41) is 3.22. The van der Waals surface area contributed by atoms with E-state index < -0.39 is 0 Å². The smallest absolute Gasteiger partial charge is 0.227 e. The van der Waals surface area contributed by atoms with Gasteiger partial charge < -0.3 is 15.0 Å². The Bertz CT molecular complexity index is 690. The lowest BCUT2D eigenvalue weighted by Crippen LogP contribution is -2.43. The topological polar surface area (TPSA) is 58.6 Å². The Kier molecular flexibility index (Phi) is 6.31. The van der Waals surface area contributed by atoms with E-state index in [2.05, 4.69) is 26.1 Å². The summed E-state index contributed by atoms with van der Waals surface area (Å²) >= 11 is 0. The van der Waals surface area contributed by atoms with Gasteiger partial charge >= 0.3 is 0 Å². The molecule has 0 spiro atoms. The van der Waals surface area contributed by atoms with E-state index in [0.29, 0.717) is 12.0 Å². The molecule has 0 unspecified atom stereocenters. The van der Waals surface area contributed by atoms with E-state index >= 15 is 0 Å². The van der Waals surface area contributed by atoms with Crippen LogP contribution in [0, 0.1) is 17.3 Å². The van der Waals surface area contributed by atoms with Crippen molar-refractivity contribution in [3.63, 3.8) is 0 Å². The maximum Gasteiger partial charge on any atom is 0.227 e. The standard InChI is InChI=1S/C23H34N2O3/c1-5-23(2,3)17-6-8-18(9-7-17)24-22(27)16-14-21(26)25(15-16)19-10-12-20(28-4)13-11-19/h10-13,16-18H,5-9,14-15H2,1-4H3,(H,24,27)/t16-,17?,18?/m0/s1. The van der Waals surface area contributed by atoms with Crippen LogP contribution in [0.2, 0.25) is 0 Å². The molecule has 1 aliphatic heterocycles. The normalized spacial score (nSPS) is 25.6. The van der Waals surface area contributed by atoms with Crippen molar-refractivity contribution in [3.05, 3.63) is 24.3 Å². The summed E-state index contributed by atoms with van der Waals surface area (Å²) in [6.07, 6.45) is 5.92. The maximum atomic E-state index is 12.8. The summed E-state index contributed by atoms with van der Waals surface area (Å²) in [5.41, 5.74) is 1.20. The highest BCUT2D eigenvalue weighted by molar-refractivity contribution is 6.00. The van der Waals surface area contributed by atoms with Crippen molar-refractivity contribution < 1.29 is 14.3 Å². The molecule has 3 rings (SSSR count). The van der Waals surface area contributed by atoms with Gasteiger partial charge in [-0.15, -0.1) is 0 Å². The van der Waals surface area contributed by atoms with Crippen molar-refractivity contribution >= 4 is 17.5 Å². The second-order valence-corrected chi connectivity index (χ2v) is 9.00. The van der Waals surface area contributed by atoms with Crippen molar-refractivity contribution in [1.82, 2.24) is 5.32 Å². The third kappa shape index (κ3) is 4.50. The number of hydrogen-bond acceptors (Lipinski definition) is 3. The van der Waals surface area contributed by atoms with E-state index in [1.165, 1.54) is 19.3 Å². The van der Waals surface area contributed by atoms with Gasteiger partial charge in [0.2, 0.25) is 11.8 Å². The average Bonchev–Trinajstić information content (AvgIpc) is 3.10. The van der Waals surface area contributed by atoms with Crippen LogP contribution < -0.4 is 15.0 Å². The van der Waals surface area contributed by atoms with Gasteiger partial charge in [-0.1, -0.05) is 27.2 Å². The number of nitrogens with one attached hydrogen (secondary N) is 1. The highest BCUT2D eigenvalue weighted by Gasteiger charge is 2.37. The number of anilines is 1. The molecule has 5 heteroatoms. The summed E-state index contributed by atoms with van der Waals surface area (Å²) in [6.45, 7) is 7.43. The Balaban J connectivity index is 1.52. The summed E-state index contributed by atoms with van der Waals surface area (Å²) < 4.78 is 5.17. The van der Waals surface area contributed by atoms with Crippen molar-refractivity contribution in [2.24, 2.45) is 17.3 Å². The molecule has 154 valence electrons. The zero-order valence-electron chi connectivity index (χ0n) is 17.7. The van der Waals surface area contributed by atoms with Crippen molar-refractivity contribution in [1.29, 1.82) is 0 Å². The molecule has 2 amide bonds. The minimum absolute atomic E-state index is 0.0127. The van der Waals surface area contributed by atoms with Gasteiger partial charge in [-0.2, -0.15) is 0 Å². The Labute approximate surface area is 168 Å². The van der Waals surface area contributed by atoms with Gasteiger partial charge in [-0.25, -0.2) is 0 Å². The van der Waals surface area contributed by atoms with Crippen molar-refractivity contribution in [2.75, 3.05) is 18.6 Å². The third-order valence-corrected chi connectivity index (χ3v) is 6.97. The number of benzene rings is 1. The molecule has 2 aliphatic rings. The zero-order valence-corrected chi connectivity index (χ0v) is 17.7. The van der Waals surface area contributed by atoms with E-state index in [1.54, 1.807) is 12.0 Å². The first-order valence-corrected chi connectivity index (χ1v) is 10.6. The molecule has 1 N–H and O–H groups in total. The van der Waals surface area contributed by atoms with Crippen LogP contribution in [0.4, 0.5) is 5.69 Å². The molecule has 2 fully saturated rings. The molecule has 1 saturated heterocycles. The predicted octanol–water partition coefficient (Wildman–Crippen LogP) is 4.16. The first-order valence-electron chi connectivity index (χ1n) is 10.6. The van der Waals surface area contributed by atoms with Crippen LogP contribution >= 0.6 is 0 Å². The van der Waals surface area contributed by atoms with Gasteiger partial charge in [0.25, 0.3) is 0 Å². The van der Waals surface area contributed by atoms with E-state index in [1.807, 2.05) is 24.3 Å². The van der Waals surface area contributed by atoms with Gasteiger partial charge in [0.05, 0.1) is 13.0 Å². The average molecular weight is 387 g/mol. The maximum absolute atomic E-state index is 12.8. The molecule has 0 aromatic heterocycles. The lowest BCUT2D eigenvalue weighted by molar-refractivity contribution is -0.127. The third-order valence-electron chi connectivity index (χ3n) is 6.97. The van der Waals surface area contributed by atoms with Crippen LogP contribution in [0.15, 0.2) is 24.3 Å². The zero-order chi connectivity index (χ0) is 20.3. The Morgan fingerprint density at radius 1 is 1.18 bits per heavy atom. The quantitative estimate of drug-likeness (QED) is 0.799. The number of hydrogen-bond donors (Lipinski definition) is 1. The van der Waals surface area contributed by atoms with Crippen LogP contribution in [0.1, 0.15) is 59.3 Å². The number of methoxy groups -OCH3 is 1. The van der Waals surface area contributed by atoms with Gasteiger partial charge in [0, 0.05) is 24.7 Å². The molecule has 1 saturated carbocycles. The molecule has 28 heavy (non-hydrogen) atoms. The largest absolute Gasteiger partial charge is 0.497 e. The first-order chi connectivity index (χ1) is 13.3. The highest BCUT2D eigenvalue weighted by Crippen LogP contribution is 2.40. The fourth-order valence-corrected chi connectivity index (χ4v) is 4.52. The van der Waals surface area contributed by atoms with Crippen LogP contribution in [0.3, 0.4) is 0 Å². The first kappa shape index (κ1) is 20.7. The number of nitrogens with zero attached hydrogens (tertiary/aromatic N) is 1.